The Labute approximate surface area is 471 Å². The largest absolute Gasteiger partial charge is 0.493 e. The van der Waals surface area contributed by atoms with E-state index in [0.29, 0.717) is 101 Å². The van der Waals surface area contributed by atoms with Crippen molar-refractivity contribution in [1.82, 2.24) is 19.9 Å². The predicted octanol–water partition coefficient (Wildman–Crippen LogP) is 10.5. The van der Waals surface area contributed by atoms with Gasteiger partial charge in [0.25, 0.3) is 0 Å². The standard InChI is InChI=1S/C29H28ClN3O6.C19H20ClNO4.C10H9ClN2O2/c1-34-23-11-19-21(12-24(23)35-2)31-16-32-29(19)33-18-8-9-22(20(30)10-18)39-26-15-38-27-25(14-37-28(26)27)36-13-17-6-4-3-5-7-17;20-14-8-13(21)6-7-15(14)25-17-11-24-18-16(10-23-19(17)18)22-9-12-4-2-1-3-5-12;1-14-8-3-6-7(4-9(8)15-2)12-5-13-10(6)11/h3-12,16,25-28H,13-15H2,1-2H3,(H,31,32,33);1-8,16-19H,9-11,21H2;3-5H,1-2H3/t25-,26-,27+,28+;16-,17-,18+,19+;/m00./s1. The molecule has 4 aliphatic heterocycles. The van der Waals surface area contributed by atoms with Gasteiger partial charge < -0.3 is 67.9 Å². The number of ether oxygens (including phenoxy) is 12. The minimum absolute atomic E-state index is 0.0966. The molecule has 12 rings (SSSR count). The lowest BCUT2D eigenvalue weighted by atomic mass is 10.1. The molecule has 0 radical (unpaired) electrons. The van der Waals surface area contributed by atoms with E-state index in [1.807, 2.05) is 84.9 Å². The minimum Gasteiger partial charge on any atom is -0.493 e. The van der Waals surface area contributed by atoms with Gasteiger partial charge in [0.15, 0.2) is 35.2 Å². The fraction of sp³-hybridized carbons (Fsp3) is 0.310. The van der Waals surface area contributed by atoms with Gasteiger partial charge in [0, 0.05) is 34.3 Å². The normalized spacial score (nSPS) is 21.7. The Morgan fingerprint density at radius 2 is 0.924 bits per heavy atom. The molecule has 18 nitrogen and oxygen atoms in total. The molecule has 0 unspecified atom stereocenters. The van der Waals surface area contributed by atoms with Gasteiger partial charge in [0.1, 0.15) is 71.7 Å². The van der Waals surface area contributed by atoms with Gasteiger partial charge in [-0.25, -0.2) is 19.9 Å². The molecule has 0 aliphatic carbocycles. The van der Waals surface area contributed by atoms with Crippen LogP contribution in [0.3, 0.4) is 0 Å². The maximum atomic E-state index is 6.63. The summed E-state index contributed by atoms with van der Waals surface area (Å²) < 4.78 is 69.3. The Balaban J connectivity index is 0.000000149. The van der Waals surface area contributed by atoms with Crippen molar-refractivity contribution in [3.8, 4) is 34.5 Å². The number of hydrogen-bond acceptors (Lipinski definition) is 18. The zero-order valence-corrected chi connectivity index (χ0v) is 45.7. The van der Waals surface area contributed by atoms with Crippen LogP contribution in [0.15, 0.2) is 134 Å². The van der Waals surface area contributed by atoms with E-state index in [-0.39, 0.29) is 48.8 Å². The highest BCUT2D eigenvalue weighted by atomic mass is 35.5. The number of nitrogens with two attached hydrogens (primary N) is 1. The molecule has 0 amide bonds. The second kappa shape index (κ2) is 25.9. The number of aromatic nitrogens is 4. The summed E-state index contributed by atoms with van der Waals surface area (Å²) in [5.41, 5.74) is 10.7. The molecule has 0 saturated carbocycles. The van der Waals surface area contributed by atoms with Crippen LogP contribution in [0.4, 0.5) is 17.2 Å². The number of nitrogens with zero attached hydrogens (tertiary/aromatic N) is 4. The quantitative estimate of drug-likeness (QED) is 0.0683. The second-order valence-corrected chi connectivity index (χ2v) is 19.6. The minimum atomic E-state index is -0.287. The molecule has 4 saturated heterocycles. The molecule has 4 aliphatic rings. The van der Waals surface area contributed by atoms with Crippen molar-refractivity contribution < 1.29 is 56.8 Å². The van der Waals surface area contributed by atoms with Gasteiger partial charge in [-0.1, -0.05) is 95.5 Å². The van der Waals surface area contributed by atoms with Crippen LogP contribution in [0.1, 0.15) is 11.1 Å². The number of anilines is 3. The van der Waals surface area contributed by atoms with Crippen molar-refractivity contribution in [3.63, 3.8) is 0 Å². The number of halogens is 3. The molecular formula is C58H57Cl3N6O12. The van der Waals surface area contributed by atoms with E-state index in [9.17, 15) is 0 Å². The van der Waals surface area contributed by atoms with Crippen LogP contribution in [-0.4, -0.2) is 124 Å². The first-order chi connectivity index (χ1) is 38.6. The number of fused-ring (bicyclic) bond motifs is 4. The zero-order valence-electron chi connectivity index (χ0n) is 43.5. The van der Waals surface area contributed by atoms with Gasteiger partial charge in [-0.05, 0) is 59.7 Å². The molecule has 0 spiro atoms. The molecule has 2 aromatic heterocycles. The van der Waals surface area contributed by atoms with Crippen molar-refractivity contribution >= 4 is 73.8 Å². The van der Waals surface area contributed by atoms with Gasteiger partial charge >= 0.3 is 0 Å². The van der Waals surface area contributed by atoms with E-state index in [2.05, 4.69) is 25.3 Å². The Bertz CT molecular complexity index is 3340. The smallest absolute Gasteiger partial charge is 0.162 e. The molecular weight excluding hydrogens is 1080 g/mol. The van der Waals surface area contributed by atoms with Crippen LogP contribution < -0.4 is 39.5 Å². The molecule has 6 aromatic carbocycles. The number of hydrogen-bond donors (Lipinski definition) is 2. The predicted molar refractivity (Wildman–Crippen MR) is 299 cm³/mol. The second-order valence-electron chi connectivity index (χ2n) is 18.5. The summed E-state index contributed by atoms with van der Waals surface area (Å²) in [7, 11) is 6.32. The number of benzene rings is 6. The first kappa shape index (κ1) is 55.3. The molecule has 8 aromatic rings. The average Bonchev–Trinajstić information content (AvgIpc) is 4.40. The highest BCUT2D eigenvalue weighted by molar-refractivity contribution is 6.34. The molecule has 0 bridgehead atoms. The van der Waals surface area contributed by atoms with Crippen LogP contribution in [0, 0.1) is 0 Å². The highest BCUT2D eigenvalue weighted by Gasteiger charge is 2.51. The fourth-order valence-electron chi connectivity index (χ4n) is 9.49. The highest BCUT2D eigenvalue weighted by Crippen LogP contribution is 2.39. The molecule has 3 N–H and O–H groups in total. The molecule has 79 heavy (non-hydrogen) atoms. The molecule has 8 atom stereocenters. The summed E-state index contributed by atoms with van der Waals surface area (Å²) in [5, 5.41) is 6.18. The molecule has 4 fully saturated rings. The Morgan fingerprint density at radius 3 is 1.43 bits per heavy atom. The van der Waals surface area contributed by atoms with Crippen LogP contribution in [0.2, 0.25) is 15.2 Å². The van der Waals surface area contributed by atoms with Crippen molar-refractivity contribution in [2.45, 2.75) is 62.0 Å². The summed E-state index contributed by atoms with van der Waals surface area (Å²) in [6, 6.07) is 38.0. The number of rotatable bonds is 16. The van der Waals surface area contributed by atoms with Gasteiger partial charge in [-0.2, -0.15) is 0 Å². The monoisotopic (exact) mass is 1130 g/mol. The van der Waals surface area contributed by atoms with Crippen molar-refractivity contribution in [2.24, 2.45) is 0 Å². The van der Waals surface area contributed by atoms with Crippen molar-refractivity contribution in [3.05, 3.63) is 160 Å². The SMILES string of the molecule is COc1cc2ncnc(Cl)c2cc1OC.COc1cc2ncnc(Nc3ccc(O[C@H]4CO[C@H]5[C@@H]4OC[C@@H]5OCc4ccccc4)c(Cl)c3)c2cc1OC.Nc1ccc(O[C@H]2CO[C@H]3[C@@H]2OC[C@@H]3OCc2ccccc2)c(Cl)c1. The number of methoxy groups -OCH3 is 4. The van der Waals surface area contributed by atoms with Gasteiger partial charge in [0.05, 0.1) is 89.2 Å². The zero-order chi connectivity index (χ0) is 54.8. The van der Waals surface area contributed by atoms with Crippen molar-refractivity contribution in [2.75, 3.05) is 65.9 Å². The van der Waals surface area contributed by atoms with Crippen LogP contribution in [0.5, 0.6) is 34.5 Å². The van der Waals surface area contributed by atoms with Crippen molar-refractivity contribution in [1.29, 1.82) is 0 Å². The Hall–Kier alpha value is -6.97. The first-order valence-corrected chi connectivity index (χ1v) is 26.3. The van der Waals surface area contributed by atoms with Gasteiger partial charge in [-0.15, -0.1) is 0 Å². The maximum absolute atomic E-state index is 6.63. The summed E-state index contributed by atoms with van der Waals surface area (Å²) in [5.74, 6) is 4.16. The number of nitrogen functional groups attached to an aromatic ring is 1. The third kappa shape index (κ3) is 13.1. The van der Waals surface area contributed by atoms with E-state index in [0.717, 1.165) is 38.6 Å². The lowest BCUT2D eigenvalue weighted by molar-refractivity contribution is -0.0425. The van der Waals surface area contributed by atoms with E-state index < -0.39 is 0 Å². The third-order valence-corrected chi connectivity index (χ3v) is 14.4. The van der Waals surface area contributed by atoms with Gasteiger partial charge in [-0.3, -0.25) is 0 Å². The average molecular weight is 1140 g/mol. The molecule has 6 heterocycles. The lowest BCUT2D eigenvalue weighted by Gasteiger charge is -2.19. The van der Waals surface area contributed by atoms with E-state index in [1.165, 1.54) is 12.7 Å². The Kier molecular flexibility index (Phi) is 18.1. The van der Waals surface area contributed by atoms with Crippen LogP contribution >= 0.6 is 34.8 Å². The summed E-state index contributed by atoms with van der Waals surface area (Å²) in [4.78, 5) is 16.7. The fourth-order valence-corrected chi connectivity index (χ4v) is 10.1. The molecule has 21 heteroatoms. The topological polar surface area (TPSA) is 200 Å². The van der Waals surface area contributed by atoms with E-state index in [4.69, 9.17) is 97.4 Å². The molecule has 412 valence electrons. The Morgan fingerprint density at radius 1 is 0.481 bits per heavy atom. The van der Waals surface area contributed by atoms with Crippen LogP contribution in [-0.2, 0) is 41.6 Å². The van der Waals surface area contributed by atoms with E-state index in [1.54, 1.807) is 64.8 Å². The lowest BCUT2D eigenvalue weighted by Crippen LogP contribution is -2.35. The maximum Gasteiger partial charge on any atom is 0.162 e. The third-order valence-electron chi connectivity index (χ3n) is 13.5. The summed E-state index contributed by atoms with van der Waals surface area (Å²) >= 11 is 18.7. The summed E-state index contributed by atoms with van der Waals surface area (Å²) in [6.45, 7) is 2.85. The summed E-state index contributed by atoms with van der Waals surface area (Å²) in [6.07, 6.45) is 1.48. The van der Waals surface area contributed by atoms with Gasteiger partial charge in [0.2, 0.25) is 0 Å². The first-order valence-electron chi connectivity index (χ1n) is 25.2. The van der Waals surface area contributed by atoms with E-state index >= 15 is 0 Å². The number of nitrogens with one attached hydrogen (secondary N) is 1. The van der Waals surface area contributed by atoms with Crippen LogP contribution in [0.25, 0.3) is 21.8 Å².